The van der Waals surface area contributed by atoms with E-state index in [0.717, 1.165) is 26.9 Å². The largest absolute Gasteiger partial charge is 0.329 e. The molecule has 3 nitrogen and oxygen atoms in total. The Hall–Kier alpha value is -1.65. The first-order valence-corrected chi connectivity index (χ1v) is 7.24. The first-order chi connectivity index (χ1) is 9.65. The van der Waals surface area contributed by atoms with E-state index in [1.165, 1.54) is 0 Å². The van der Waals surface area contributed by atoms with E-state index in [2.05, 4.69) is 25.9 Å². The number of para-hydroxylation sites is 1. The van der Waals surface area contributed by atoms with Crippen LogP contribution in [0.4, 0.5) is 11.5 Å². The minimum absolute atomic E-state index is 0.244. The normalized spacial score (nSPS) is 10.8. The van der Waals surface area contributed by atoms with Crippen molar-refractivity contribution in [2.45, 2.75) is 0 Å². The molecule has 0 radical (unpaired) electrons. The summed E-state index contributed by atoms with van der Waals surface area (Å²) in [5, 5.41) is 1.21. The zero-order chi connectivity index (χ0) is 14.1. The molecule has 0 bridgehead atoms. The van der Waals surface area contributed by atoms with Gasteiger partial charge in [0.15, 0.2) is 0 Å². The summed E-state index contributed by atoms with van der Waals surface area (Å²) in [6.07, 6.45) is 0. The van der Waals surface area contributed by atoms with Crippen molar-refractivity contribution in [3.63, 3.8) is 0 Å². The number of nitrogens with zero attached hydrogens (tertiary/aromatic N) is 3. The molecule has 100 valence electrons. The fourth-order valence-electron chi connectivity index (χ4n) is 2.09. The Labute approximate surface area is 130 Å². The topological polar surface area (TPSA) is 29.0 Å². The molecule has 0 aliphatic heterocycles. The zero-order valence-electron chi connectivity index (χ0n) is 10.7. The molecule has 0 unspecified atom stereocenters. The molecule has 1 heterocycles. The Bertz CT molecular complexity index is 756. The van der Waals surface area contributed by atoms with Crippen molar-refractivity contribution in [3.8, 4) is 0 Å². The van der Waals surface area contributed by atoms with E-state index in [1.54, 1.807) is 0 Å². The van der Waals surface area contributed by atoms with Gasteiger partial charge in [0.05, 0.1) is 5.52 Å². The maximum atomic E-state index is 6.04. The van der Waals surface area contributed by atoms with Gasteiger partial charge in [-0.1, -0.05) is 34.1 Å². The molecule has 0 saturated heterocycles. The lowest BCUT2D eigenvalue weighted by molar-refractivity contribution is 1.11. The highest BCUT2D eigenvalue weighted by atomic mass is 79.9. The molecule has 0 aliphatic rings. The average molecular weight is 349 g/mol. The van der Waals surface area contributed by atoms with Gasteiger partial charge in [-0.15, -0.1) is 0 Å². The lowest BCUT2D eigenvalue weighted by Gasteiger charge is -2.20. The first-order valence-electron chi connectivity index (χ1n) is 6.07. The first kappa shape index (κ1) is 13.3. The number of anilines is 2. The Morgan fingerprint density at radius 1 is 1.05 bits per heavy atom. The van der Waals surface area contributed by atoms with Gasteiger partial charge in [-0.05, 0) is 41.9 Å². The van der Waals surface area contributed by atoms with E-state index in [0.29, 0.717) is 0 Å². The van der Waals surface area contributed by atoms with Crippen molar-refractivity contribution in [1.82, 2.24) is 9.97 Å². The van der Waals surface area contributed by atoms with Crippen LogP contribution in [0.1, 0.15) is 0 Å². The zero-order valence-corrected chi connectivity index (χ0v) is 13.1. The van der Waals surface area contributed by atoms with Gasteiger partial charge >= 0.3 is 0 Å². The summed E-state index contributed by atoms with van der Waals surface area (Å²) >= 11 is 9.49. The molecule has 0 spiro atoms. The van der Waals surface area contributed by atoms with Crippen molar-refractivity contribution in [2.75, 3.05) is 11.9 Å². The molecule has 0 atom stereocenters. The number of benzene rings is 2. The summed E-state index contributed by atoms with van der Waals surface area (Å²) in [6, 6.07) is 15.9. The lowest BCUT2D eigenvalue weighted by Crippen LogP contribution is -2.12. The van der Waals surface area contributed by atoms with Crippen LogP contribution in [0.3, 0.4) is 0 Å². The maximum absolute atomic E-state index is 6.04. The van der Waals surface area contributed by atoms with Gasteiger partial charge in [-0.3, -0.25) is 0 Å². The monoisotopic (exact) mass is 347 g/mol. The number of aromatic nitrogens is 2. The van der Waals surface area contributed by atoms with Crippen molar-refractivity contribution < 1.29 is 0 Å². The van der Waals surface area contributed by atoms with E-state index in [1.807, 2.05) is 60.5 Å². The molecule has 20 heavy (non-hydrogen) atoms. The molecule has 0 amide bonds. The van der Waals surface area contributed by atoms with E-state index in [-0.39, 0.29) is 5.28 Å². The van der Waals surface area contributed by atoms with Gasteiger partial charge < -0.3 is 4.90 Å². The van der Waals surface area contributed by atoms with Gasteiger partial charge in [0.2, 0.25) is 5.28 Å². The van der Waals surface area contributed by atoms with Crippen LogP contribution in [-0.2, 0) is 0 Å². The van der Waals surface area contributed by atoms with Crippen molar-refractivity contribution in [1.29, 1.82) is 0 Å². The third-order valence-corrected chi connectivity index (χ3v) is 3.74. The summed E-state index contributed by atoms with van der Waals surface area (Å²) < 4.78 is 0.966. The Kier molecular flexibility index (Phi) is 3.59. The van der Waals surface area contributed by atoms with Gasteiger partial charge in [-0.2, -0.15) is 4.98 Å². The Morgan fingerprint density at radius 3 is 2.55 bits per heavy atom. The number of halogens is 2. The van der Waals surface area contributed by atoms with Crippen molar-refractivity contribution in [3.05, 3.63) is 58.3 Å². The van der Waals surface area contributed by atoms with Crippen LogP contribution in [-0.4, -0.2) is 17.0 Å². The number of rotatable bonds is 2. The SMILES string of the molecule is CN(c1ccccc1)c1nc(Cl)nc2cc(Br)ccc12. The molecule has 0 saturated carbocycles. The van der Waals surface area contributed by atoms with Crippen LogP contribution in [0.25, 0.3) is 10.9 Å². The summed E-state index contributed by atoms with van der Waals surface area (Å²) in [7, 11) is 1.97. The molecule has 0 N–H and O–H groups in total. The lowest BCUT2D eigenvalue weighted by atomic mass is 10.2. The van der Waals surface area contributed by atoms with E-state index < -0.39 is 0 Å². The summed E-state index contributed by atoms with van der Waals surface area (Å²) in [4.78, 5) is 10.6. The van der Waals surface area contributed by atoms with Gasteiger partial charge in [-0.25, -0.2) is 4.98 Å². The number of hydrogen-bond donors (Lipinski definition) is 0. The standard InChI is InChI=1S/C15H11BrClN3/c1-20(11-5-3-2-4-6-11)14-12-8-7-10(16)9-13(12)18-15(17)19-14/h2-9H,1H3. The third-order valence-electron chi connectivity index (χ3n) is 3.07. The highest BCUT2D eigenvalue weighted by Gasteiger charge is 2.12. The number of fused-ring (bicyclic) bond motifs is 1. The molecule has 3 aromatic rings. The highest BCUT2D eigenvalue weighted by Crippen LogP contribution is 2.30. The second-order valence-electron chi connectivity index (χ2n) is 4.37. The molecular formula is C15H11BrClN3. The van der Waals surface area contributed by atoms with Crippen LogP contribution in [0.2, 0.25) is 5.28 Å². The van der Waals surface area contributed by atoms with Gasteiger partial charge in [0, 0.05) is 22.6 Å². The maximum Gasteiger partial charge on any atom is 0.224 e. The molecule has 1 aromatic heterocycles. The highest BCUT2D eigenvalue weighted by molar-refractivity contribution is 9.10. The Balaban J connectivity index is 2.20. The van der Waals surface area contributed by atoms with Crippen LogP contribution < -0.4 is 4.90 Å². The summed E-state index contributed by atoms with van der Waals surface area (Å²) in [6.45, 7) is 0. The quantitative estimate of drug-likeness (QED) is 0.622. The second kappa shape index (κ2) is 5.38. The minimum atomic E-state index is 0.244. The minimum Gasteiger partial charge on any atom is -0.329 e. The van der Waals surface area contributed by atoms with Crippen LogP contribution in [0.5, 0.6) is 0 Å². The average Bonchev–Trinajstić information content (AvgIpc) is 2.46. The van der Waals surface area contributed by atoms with E-state index >= 15 is 0 Å². The predicted octanol–water partition coefficient (Wildman–Crippen LogP) is 4.81. The summed E-state index contributed by atoms with van der Waals surface area (Å²) in [5.74, 6) is 0.790. The second-order valence-corrected chi connectivity index (χ2v) is 5.63. The summed E-state index contributed by atoms with van der Waals surface area (Å²) in [5.41, 5.74) is 1.86. The fourth-order valence-corrected chi connectivity index (χ4v) is 2.61. The van der Waals surface area contributed by atoms with Crippen LogP contribution in [0.15, 0.2) is 53.0 Å². The van der Waals surface area contributed by atoms with E-state index in [4.69, 9.17) is 11.6 Å². The van der Waals surface area contributed by atoms with Gasteiger partial charge in [0.1, 0.15) is 5.82 Å². The van der Waals surface area contributed by atoms with Gasteiger partial charge in [0.25, 0.3) is 0 Å². The van der Waals surface area contributed by atoms with Crippen molar-refractivity contribution in [2.24, 2.45) is 0 Å². The number of hydrogen-bond acceptors (Lipinski definition) is 3. The molecule has 5 heteroatoms. The smallest absolute Gasteiger partial charge is 0.224 e. The molecule has 0 fully saturated rings. The van der Waals surface area contributed by atoms with Crippen LogP contribution >= 0.6 is 27.5 Å². The van der Waals surface area contributed by atoms with Crippen molar-refractivity contribution >= 4 is 49.9 Å². The third kappa shape index (κ3) is 2.49. The van der Waals surface area contributed by atoms with E-state index in [9.17, 15) is 0 Å². The molecule has 0 aliphatic carbocycles. The predicted molar refractivity (Wildman–Crippen MR) is 86.8 cm³/mol. The van der Waals surface area contributed by atoms with Crippen LogP contribution in [0, 0.1) is 0 Å². The molecule has 3 rings (SSSR count). The molecule has 2 aromatic carbocycles. The fraction of sp³-hybridized carbons (Fsp3) is 0.0667. The molecular weight excluding hydrogens is 338 g/mol. The Morgan fingerprint density at radius 2 is 1.80 bits per heavy atom.